The van der Waals surface area contributed by atoms with E-state index in [2.05, 4.69) is 19.5 Å². The van der Waals surface area contributed by atoms with Crippen LogP contribution in [0.5, 0.6) is 5.75 Å². The van der Waals surface area contributed by atoms with E-state index in [0.29, 0.717) is 24.6 Å². The second kappa shape index (κ2) is 6.59. The average Bonchev–Trinajstić information content (AvgIpc) is 3.14. The van der Waals surface area contributed by atoms with Gasteiger partial charge in [0.05, 0.1) is 19.7 Å². The van der Waals surface area contributed by atoms with Crippen molar-refractivity contribution in [1.82, 2.24) is 24.4 Å². The molecule has 0 bridgehead atoms. The summed E-state index contributed by atoms with van der Waals surface area (Å²) in [6, 6.07) is 9.34. The van der Waals surface area contributed by atoms with Crippen molar-refractivity contribution in [2.24, 2.45) is 0 Å². The lowest BCUT2D eigenvalue weighted by molar-refractivity contribution is 0.0577. The van der Waals surface area contributed by atoms with Crippen molar-refractivity contribution in [2.75, 3.05) is 7.11 Å². The number of amides is 1. The minimum Gasteiger partial charge on any atom is -0.497 e. The van der Waals surface area contributed by atoms with E-state index in [1.807, 2.05) is 35.4 Å². The van der Waals surface area contributed by atoms with Gasteiger partial charge in [0, 0.05) is 25.1 Å². The van der Waals surface area contributed by atoms with Gasteiger partial charge in [0.25, 0.3) is 5.91 Å². The molecule has 7 heteroatoms. The van der Waals surface area contributed by atoms with Crippen LogP contribution in [0, 0.1) is 6.92 Å². The molecule has 1 atom stereocenters. The van der Waals surface area contributed by atoms with Gasteiger partial charge in [0.2, 0.25) is 0 Å². The van der Waals surface area contributed by atoms with Crippen LogP contribution in [-0.2, 0) is 13.1 Å². The zero-order valence-corrected chi connectivity index (χ0v) is 14.7. The van der Waals surface area contributed by atoms with Crippen LogP contribution < -0.4 is 4.74 Å². The minimum atomic E-state index is -0.130. The number of methoxy groups -OCH3 is 1. The Balaban J connectivity index is 1.75. The number of benzene rings is 1. The number of fused-ring (bicyclic) bond motifs is 1. The van der Waals surface area contributed by atoms with Gasteiger partial charge in [-0.3, -0.25) is 4.79 Å². The summed E-state index contributed by atoms with van der Waals surface area (Å²) >= 11 is 0. The lowest BCUT2D eigenvalue weighted by atomic mass is 10.0. The molecule has 1 amide bonds. The molecule has 7 nitrogen and oxygen atoms in total. The molecule has 0 saturated heterocycles. The van der Waals surface area contributed by atoms with Crippen LogP contribution in [0.25, 0.3) is 0 Å². The molecule has 0 fully saturated rings. The smallest absolute Gasteiger partial charge is 0.273 e. The first kappa shape index (κ1) is 16.3. The Bertz CT molecular complexity index is 952. The van der Waals surface area contributed by atoms with Crippen LogP contribution in [0.1, 0.15) is 33.7 Å². The van der Waals surface area contributed by atoms with Gasteiger partial charge in [0.15, 0.2) is 0 Å². The highest BCUT2D eigenvalue weighted by Crippen LogP contribution is 2.32. The van der Waals surface area contributed by atoms with Gasteiger partial charge in [-0.1, -0.05) is 12.1 Å². The van der Waals surface area contributed by atoms with Crippen LogP contribution in [0.4, 0.5) is 0 Å². The molecule has 26 heavy (non-hydrogen) atoms. The molecule has 1 aliphatic rings. The molecule has 3 heterocycles. The lowest BCUT2D eigenvalue weighted by Gasteiger charge is -2.36. The fourth-order valence-electron chi connectivity index (χ4n) is 3.28. The van der Waals surface area contributed by atoms with E-state index in [-0.39, 0.29) is 11.9 Å². The van der Waals surface area contributed by atoms with Gasteiger partial charge in [-0.05, 0) is 30.7 Å². The Morgan fingerprint density at radius 1 is 1.23 bits per heavy atom. The SMILES string of the molecule is COc1cccc([C@H]2Cn3ccnc3CN2C(=O)c2ccnc(C)n2)c1. The maximum Gasteiger partial charge on any atom is 0.273 e. The molecule has 0 N–H and O–H groups in total. The second-order valence-electron chi connectivity index (χ2n) is 6.21. The van der Waals surface area contributed by atoms with Crippen LogP contribution in [0.15, 0.2) is 48.9 Å². The van der Waals surface area contributed by atoms with Crippen LogP contribution >= 0.6 is 0 Å². The van der Waals surface area contributed by atoms with Crippen molar-refractivity contribution in [3.8, 4) is 5.75 Å². The van der Waals surface area contributed by atoms with E-state index in [1.54, 1.807) is 32.5 Å². The number of rotatable bonds is 3. The summed E-state index contributed by atoms with van der Waals surface area (Å²) in [6.07, 6.45) is 5.32. The monoisotopic (exact) mass is 349 g/mol. The Morgan fingerprint density at radius 2 is 2.12 bits per heavy atom. The molecule has 2 aromatic heterocycles. The van der Waals surface area contributed by atoms with Crippen molar-refractivity contribution in [3.63, 3.8) is 0 Å². The summed E-state index contributed by atoms with van der Waals surface area (Å²) in [5, 5.41) is 0. The first-order chi connectivity index (χ1) is 12.7. The second-order valence-corrected chi connectivity index (χ2v) is 6.21. The highest BCUT2D eigenvalue weighted by molar-refractivity contribution is 5.92. The predicted molar refractivity (Wildman–Crippen MR) is 94.6 cm³/mol. The fourth-order valence-corrected chi connectivity index (χ4v) is 3.28. The Hall–Kier alpha value is -3.22. The number of aryl methyl sites for hydroxylation is 1. The quantitative estimate of drug-likeness (QED) is 0.726. The van der Waals surface area contributed by atoms with E-state index in [9.17, 15) is 4.79 Å². The molecule has 0 saturated carbocycles. The maximum absolute atomic E-state index is 13.2. The molecule has 0 radical (unpaired) electrons. The van der Waals surface area contributed by atoms with Gasteiger partial charge < -0.3 is 14.2 Å². The maximum atomic E-state index is 13.2. The number of ether oxygens (including phenoxy) is 1. The number of hydrogen-bond acceptors (Lipinski definition) is 5. The number of hydrogen-bond donors (Lipinski definition) is 0. The molecule has 4 rings (SSSR count). The Labute approximate surface area is 151 Å². The van der Waals surface area contributed by atoms with Gasteiger partial charge in [-0.25, -0.2) is 15.0 Å². The molecular formula is C19H19N5O2. The summed E-state index contributed by atoms with van der Waals surface area (Å²) in [6.45, 7) is 2.84. The molecule has 0 unspecified atom stereocenters. The van der Waals surface area contributed by atoms with Gasteiger partial charge in [0.1, 0.15) is 23.1 Å². The zero-order chi connectivity index (χ0) is 18.1. The zero-order valence-electron chi connectivity index (χ0n) is 14.7. The van der Waals surface area contributed by atoms with Crippen molar-refractivity contribution in [3.05, 3.63) is 71.8 Å². The number of imidazole rings is 1. The summed E-state index contributed by atoms with van der Waals surface area (Å²) in [7, 11) is 1.64. The van der Waals surface area contributed by atoms with Crippen molar-refractivity contribution < 1.29 is 9.53 Å². The van der Waals surface area contributed by atoms with Crippen molar-refractivity contribution in [1.29, 1.82) is 0 Å². The first-order valence-electron chi connectivity index (χ1n) is 8.40. The third-order valence-electron chi connectivity index (χ3n) is 4.59. The number of carbonyl (C=O) groups is 1. The highest BCUT2D eigenvalue weighted by atomic mass is 16.5. The Morgan fingerprint density at radius 3 is 2.92 bits per heavy atom. The van der Waals surface area contributed by atoms with Crippen LogP contribution in [0.3, 0.4) is 0 Å². The Kier molecular flexibility index (Phi) is 4.12. The van der Waals surface area contributed by atoms with Crippen LogP contribution in [-0.4, -0.2) is 37.4 Å². The predicted octanol–water partition coefficient (Wildman–Crippen LogP) is 2.39. The summed E-state index contributed by atoms with van der Waals surface area (Å²) in [4.78, 5) is 27.8. The van der Waals surface area contributed by atoms with Gasteiger partial charge in [-0.2, -0.15) is 0 Å². The summed E-state index contributed by atoms with van der Waals surface area (Å²) in [5.41, 5.74) is 1.41. The average molecular weight is 349 g/mol. The molecule has 132 valence electrons. The van der Waals surface area contributed by atoms with E-state index in [0.717, 1.165) is 17.1 Å². The largest absolute Gasteiger partial charge is 0.497 e. The van der Waals surface area contributed by atoms with Crippen LogP contribution in [0.2, 0.25) is 0 Å². The lowest BCUT2D eigenvalue weighted by Crippen LogP contribution is -2.41. The standard InChI is InChI=1S/C19H19N5O2/c1-13-20-7-6-16(22-13)19(25)24-12-18-21-8-9-23(18)11-17(24)14-4-3-5-15(10-14)26-2/h3-10,17H,11-12H2,1-2H3/t17-/m1/s1. The van der Waals surface area contributed by atoms with Gasteiger partial charge >= 0.3 is 0 Å². The molecule has 3 aromatic rings. The third kappa shape index (κ3) is 2.92. The molecule has 1 aromatic carbocycles. The normalized spacial score (nSPS) is 16.2. The molecular weight excluding hydrogens is 330 g/mol. The summed E-state index contributed by atoms with van der Waals surface area (Å²) < 4.78 is 7.44. The number of carbonyl (C=O) groups excluding carboxylic acids is 1. The van der Waals surface area contributed by atoms with Crippen molar-refractivity contribution in [2.45, 2.75) is 26.1 Å². The van der Waals surface area contributed by atoms with E-state index in [1.165, 1.54) is 0 Å². The highest BCUT2D eigenvalue weighted by Gasteiger charge is 2.32. The topological polar surface area (TPSA) is 73.1 Å². The molecule has 0 aliphatic carbocycles. The van der Waals surface area contributed by atoms with Gasteiger partial charge in [-0.15, -0.1) is 0 Å². The van der Waals surface area contributed by atoms with Crippen molar-refractivity contribution >= 4 is 5.91 Å². The molecule has 1 aliphatic heterocycles. The van der Waals surface area contributed by atoms with E-state index >= 15 is 0 Å². The summed E-state index contributed by atoms with van der Waals surface area (Å²) in [5.74, 6) is 2.08. The minimum absolute atomic E-state index is 0.127. The number of nitrogens with zero attached hydrogens (tertiary/aromatic N) is 5. The molecule has 0 spiro atoms. The fraction of sp³-hybridized carbons (Fsp3) is 0.263. The van der Waals surface area contributed by atoms with E-state index in [4.69, 9.17) is 4.74 Å². The number of aromatic nitrogens is 4. The third-order valence-corrected chi connectivity index (χ3v) is 4.59. The van der Waals surface area contributed by atoms with E-state index < -0.39 is 0 Å². The first-order valence-corrected chi connectivity index (χ1v) is 8.40.